The standard InChI is InChI=1S/C16H32N4O2.HI/c1-3-20-9-4-6-14(20)12-19-16(17-2)18-8-5-10-22-15-7-11-21-13-15;/h14-15H,3-13H2,1-2H3,(H2,17,18,19);1H. The van der Waals surface area contributed by atoms with Crippen molar-refractivity contribution in [3.05, 3.63) is 0 Å². The van der Waals surface area contributed by atoms with Crippen molar-refractivity contribution in [2.45, 2.75) is 44.8 Å². The molecular formula is C16H33IN4O2. The number of likely N-dealkylation sites (N-methyl/N-ethyl adjacent to an activating group) is 1. The molecule has 0 aromatic carbocycles. The van der Waals surface area contributed by atoms with Crippen LogP contribution < -0.4 is 10.6 Å². The molecule has 2 N–H and O–H groups in total. The third kappa shape index (κ3) is 7.53. The third-order valence-electron chi connectivity index (χ3n) is 4.49. The lowest BCUT2D eigenvalue weighted by Gasteiger charge is -2.24. The molecule has 2 fully saturated rings. The number of halogens is 1. The Kier molecular flexibility index (Phi) is 11.2. The third-order valence-corrected chi connectivity index (χ3v) is 4.49. The predicted octanol–water partition coefficient (Wildman–Crippen LogP) is 1.45. The van der Waals surface area contributed by atoms with Crippen LogP contribution in [0.4, 0.5) is 0 Å². The molecule has 2 aliphatic rings. The van der Waals surface area contributed by atoms with E-state index in [1.807, 2.05) is 7.05 Å². The Hall–Kier alpha value is -0.120. The zero-order valence-electron chi connectivity index (χ0n) is 14.6. The van der Waals surface area contributed by atoms with Crippen LogP contribution in [0.25, 0.3) is 0 Å². The van der Waals surface area contributed by atoms with Gasteiger partial charge in [-0.05, 0) is 38.8 Å². The first-order valence-electron chi connectivity index (χ1n) is 8.71. The largest absolute Gasteiger partial charge is 0.379 e. The van der Waals surface area contributed by atoms with Gasteiger partial charge in [0.2, 0.25) is 0 Å². The van der Waals surface area contributed by atoms with Gasteiger partial charge < -0.3 is 20.1 Å². The summed E-state index contributed by atoms with van der Waals surface area (Å²) in [6.45, 7) is 8.85. The summed E-state index contributed by atoms with van der Waals surface area (Å²) >= 11 is 0. The topological polar surface area (TPSA) is 58.1 Å². The second-order valence-electron chi connectivity index (χ2n) is 6.01. The SMILES string of the molecule is CCN1CCCC1CNC(=NC)NCCCOC1CCOC1.I. The fraction of sp³-hybridized carbons (Fsp3) is 0.938. The summed E-state index contributed by atoms with van der Waals surface area (Å²) in [7, 11) is 1.83. The minimum Gasteiger partial charge on any atom is -0.379 e. The van der Waals surface area contributed by atoms with Gasteiger partial charge in [-0.25, -0.2) is 0 Å². The van der Waals surface area contributed by atoms with E-state index >= 15 is 0 Å². The Morgan fingerprint density at radius 2 is 2.22 bits per heavy atom. The lowest BCUT2D eigenvalue weighted by Crippen LogP contribution is -2.45. The van der Waals surface area contributed by atoms with Crippen molar-refractivity contribution in [2.75, 3.05) is 53.0 Å². The van der Waals surface area contributed by atoms with E-state index in [9.17, 15) is 0 Å². The second-order valence-corrected chi connectivity index (χ2v) is 6.01. The van der Waals surface area contributed by atoms with Gasteiger partial charge in [0.05, 0.1) is 12.7 Å². The molecule has 0 aromatic rings. The lowest BCUT2D eigenvalue weighted by atomic mass is 10.2. The number of ether oxygens (including phenoxy) is 2. The van der Waals surface area contributed by atoms with Crippen molar-refractivity contribution in [3.63, 3.8) is 0 Å². The van der Waals surface area contributed by atoms with Crippen LogP contribution in [0.2, 0.25) is 0 Å². The van der Waals surface area contributed by atoms with Crippen LogP contribution in [-0.4, -0.2) is 76.1 Å². The average Bonchev–Trinajstić information content (AvgIpc) is 3.21. The summed E-state index contributed by atoms with van der Waals surface area (Å²) in [6.07, 6.45) is 4.93. The van der Waals surface area contributed by atoms with Gasteiger partial charge >= 0.3 is 0 Å². The van der Waals surface area contributed by atoms with Crippen molar-refractivity contribution < 1.29 is 9.47 Å². The number of nitrogens with zero attached hydrogens (tertiary/aromatic N) is 2. The molecule has 136 valence electrons. The summed E-state index contributed by atoms with van der Waals surface area (Å²) < 4.78 is 11.1. The molecule has 2 aliphatic heterocycles. The zero-order chi connectivity index (χ0) is 15.6. The Morgan fingerprint density at radius 3 is 2.91 bits per heavy atom. The highest BCUT2D eigenvalue weighted by atomic mass is 127. The molecule has 0 amide bonds. The molecule has 2 unspecified atom stereocenters. The predicted molar refractivity (Wildman–Crippen MR) is 105 cm³/mol. The van der Waals surface area contributed by atoms with Gasteiger partial charge in [0.1, 0.15) is 0 Å². The summed E-state index contributed by atoms with van der Waals surface area (Å²) in [6, 6.07) is 0.647. The maximum atomic E-state index is 5.76. The van der Waals surface area contributed by atoms with Crippen LogP contribution in [0.3, 0.4) is 0 Å². The Balaban J connectivity index is 0.00000264. The van der Waals surface area contributed by atoms with Crippen LogP contribution in [0, 0.1) is 0 Å². The average molecular weight is 440 g/mol. The second kappa shape index (κ2) is 12.3. The van der Waals surface area contributed by atoms with Gasteiger partial charge in [0, 0.05) is 39.4 Å². The maximum Gasteiger partial charge on any atom is 0.191 e. The number of rotatable bonds is 8. The fourth-order valence-electron chi connectivity index (χ4n) is 3.15. The first-order valence-corrected chi connectivity index (χ1v) is 8.71. The number of hydrogen-bond acceptors (Lipinski definition) is 4. The minimum absolute atomic E-state index is 0. The van der Waals surface area contributed by atoms with Crippen LogP contribution in [0.15, 0.2) is 4.99 Å². The lowest BCUT2D eigenvalue weighted by molar-refractivity contribution is 0.0420. The minimum atomic E-state index is 0. The summed E-state index contributed by atoms with van der Waals surface area (Å²) in [5.74, 6) is 0.896. The van der Waals surface area contributed by atoms with Crippen LogP contribution in [0.5, 0.6) is 0 Å². The van der Waals surface area contributed by atoms with E-state index in [-0.39, 0.29) is 24.0 Å². The maximum absolute atomic E-state index is 5.76. The van der Waals surface area contributed by atoms with Crippen LogP contribution >= 0.6 is 24.0 Å². The smallest absolute Gasteiger partial charge is 0.191 e. The van der Waals surface area contributed by atoms with Gasteiger partial charge in [-0.15, -0.1) is 24.0 Å². The van der Waals surface area contributed by atoms with E-state index in [0.717, 1.165) is 58.3 Å². The normalized spacial score (nSPS) is 25.4. The Morgan fingerprint density at radius 1 is 1.35 bits per heavy atom. The molecule has 7 heteroatoms. The molecule has 0 aromatic heterocycles. The molecule has 2 saturated heterocycles. The summed E-state index contributed by atoms with van der Waals surface area (Å²) in [5.41, 5.74) is 0. The molecule has 0 spiro atoms. The summed E-state index contributed by atoms with van der Waals surface area (Å²) in [4.78, 5) is 6.83. The number of guanidine groups is 1. The quantitative estimate of drug-likeness (QED) is 0.259. The van der Waals surface area contributed by atoms with Crippen LogP contribution in [-0.2, 0) is 9.47 Å². The molecule has 0 saturated carbocycles. The number of nitrogens with one attached hydrogen (secondary N) is 2. The highest BCUT2D eigenvalue weighted by molar-refractivity contribution is 14.0. The molecule has 2 rings (SSSR count). The highest BCUT2D eigenvalue weighted by Gasteiger charge is 2.22. The van der Waals surface area contributed by atoms with E-state index in [4.69, 9.17) is 9.47 Å². The van der Waals surface area contributed by atoms with Crippen molar-refractivity contribution in [2.24, 2.45) is 4.99 Å². The monoisotopic (exact) mass is 440 g/mol. The first-order chi connectivity index (χ1) is 10.8. The van der Waals surface area contributed by atoms with Gasteiger partial charge in [-0.2, -0.15) is 0 Å². The van der Waals surface area contributed by atoms with Crippen molar-refractivity contribution >= 4 is 29.9 Å². The van der Waals surface area contributed by atoms with E-state index < -0.39 is 0 Å². The van der Waals surface area contributed by atoms with E-state index in [0.29, 0.717) is 12.1 Å². The van der Waals surface area contributed by atoms with Gasteiger partial charge in [-0.1, -0.05) is 6.92 Å². The molecule has 0 radical (unpaired) electrons. The molecule has 2 atom stereocenters. The van der Waals surface area contributed by atoms with Gasteiger partial charge in [0.15, 0.2) is 5.96 Å². The first kappa shape index (κ1) is 20.9. The van der Waals surface area contributed by atoms with Crippen molar-refractivity contribution in [1.29, 1.82) is 0 Å². The van der Waals surface area contributed by atoms with Crippen molar-refractivity contribution in [3.8, 4) is 0 Å². The molecule has 0 aliphatic carbocycles. The van der Waals surface area contributed by atoms with E-state index in [1.54, 1.807) is 0 Å². The fourth-order valence-corrected chi connectivity index (χ4v) is 3.15. The van der Waals surface area contributed by atoms with Crippen molar-refractivity contribution in [1.82, 2.24) is 15.5 Å². The van der Waals surface area contributed by atoms with E-state index in [1.165, 1.54) is 19.4 Å². The molecular weight excluding hydrogens is 407 g/mol. The van der Waals surface area contributed by atoms with Gasteiger partial charge in [-0.3, -0.25) is 9.89 Å². The number of likely N-dealkylation sites (tertiary alicyclic amines) is 1. The molecule has 23 heavy (non-hydrogen) atoms. The molecule has 0 bridgehead atoms. The number of hydrogen-bond donors (Lipinski definition) is 2. The van der Waals surface area contributed by atoms with Gasteiger partial charge in [0.25, 0.3) is 0 Å². The summed E-state index contributed by atoms with van der Waals surface area (Å²) in [5, 5.41) is 6.80. The van der Waals surface area contributed by atoms with Crippen LogP contribution in [0.1, 0.15) is 32.6 Å². The molecule has 2 heterocycles. The zero-order valence-corrected chi connectivity index (χ0v) is 16.9. The molecule has 6 nitrogen and oxygen atoms in total. The van der Waals surface area contributed by atoms with E-state index in [2.05, 4.69) is 27.4 Å². The highest BCUT2D eigenvalue weighted by Crippen LogP contribution is 2.15. The number of aliphatic imine (C=N–C) groups is 1. The Labute approximate surface area is 157 Å². The Bertz CT molecular complexity index is 338.